The van der Waals surface area contributed by atoms with E-state index in [0.29, 0.717) is 29.3 Å². The van der Waals surface area contributed by atoms with Crippen LogP contribution in [-0.4, -0.2) is 19.0 Å². The molecule has 1 aliphatic heterocycles. The normalized spacial score (nSPS) is 14.6. The number of anilines is 1. The summed E-state index contributed by atoms with van der Waals surface area (Å²) in [6.07, 6.45) is 1.60. The molecule has 1 heterocycles. The minimum atomic E-state index is -0.657. The lowest BCUT2D eigenvalue weighted by molar-refractivity contribution is -0.136. The molecule has 1 aliphatic rings. The summed E-state index contributed by atoms with van der Waals surface area (Å²) in [5.74, 6) is -1.17. The average Bonchev–Trinajstić information content (AvgIpc) is 3.09. The molecule has 0 unspecified atom stereocenters. The molecule has 0 radical (unpaired) electrons. The maximum absolute atomic E-state index is 13.7. The van der Waals surface area contributed by atoms with Gasteiger partial charge in [-0.15, -0.1) is 0 Å². The van der Waals surface area contributed by atoms with Gasteiger partial charge < -0.3 is 9.47 Å². The number of esters is 1. The van der Waals surface area contributed by atoms with Crippen molar-refractivity contribution in [2.45, 2.75) is 13.5 Å². The van der Waals surface area contributed by atoms with Crippen molar-refractivity contribution in [2.24, 2.45) is 0 Å². The molecule has 0 aromatic heterocycles. The van der Waals surface area contributed by atoms with Gasteiger partial charge in [-0.3, -0.25) is 9.69 Å². The van der Waals surface area contributed by atoms with E-state index < -0.39 is 17.7 Å². The van der Waals surface area contributed by atoms with Gasteiger partial charge in [0, 0.05) is 11.3 Å². The summed E-state index contributed by atoms with van der Waals surface area (Å²) in [6, 6.07) is 20.9. The van der Waals surface area contributed by atoms with Gasteiger partial charge in [0.05, 0.1) is 29.0 Å². The molecule has 5 nitrogen and oxygen atoms in total. The van der Waals surface area contributed by atoms with Gasteiger partial charge in [0.25, 0.3) is 5.91 Å². The fourth-order valence-corrected chi connectivity index (χ4v) is 3.91. The second kappa shape index (κ2) is 9.93. The van der Waals surface area contributed by atoms with Crippen molar-refractivity contribution in [1.82, 2.24) is 0 Å². The van der Waals surface area contributed by atoms with E-state index in [4.69, 9.17) is 21.1 Å². The van der Waals surface area contributed by atoms with Crippen LogP contribution in [0, 0.1) is 5.82 Å². The topological polar surface area (TPSA) is 55.8 Å². The number of rotatable bonds is 6. The predicted octanol–water partition coefficient (Wildman–Crippen LogP) is 5.94. The first kappa shape index (κ1) is 23.3. The van der Waals surface area contributed by atoms with Gasteiger partial charge in [-0.25, -0.2) is 9.18 Å². The van der Waals surface area contributed by atoms with Crippen LogP contribution < -0.4 is 9.64 Å². The number of carbonyl (C=O) groups is 2. The Hall–Kier alpha value is -3.90. The summed E-state index contributed by atoms with van der Waals surface area (Å²) in [5.41, 5.74) is 2.56. The van der Waals surface area contributed by atoms with Gasteiger partial charge in [0.15, 0.2) is 0 Å². The number of carbonyl (C=O) groups excluding carboxylic acids is 2. The molecule has 0 atom stereocenters. The monoisotopic (exact) mass is 477 g/mol. The fraction of sp³-hybridized carbons (Fsp3) is 0.111. The van der Waals surface area contributed by atoms with Crippen LogP contribution in [0.2, 0.25) is 5.02 Å². The van der Waals surface area contributed by atoms with E-state index in [2.05, 4.69) is 0 Å². The highest BCUT2D eigenvalue weighted by Crippen LogP contribution is 2.37. The van der Waals surface area contributed by atoms with E-state index >= 15 is 0 Å². The highest BCUT2D eigenvalue weighted by atomic mass is 35.5. The SMILES string of the molecule is COC(=O)C1=C(C)N(c2ccc(F)c(Cl)c2)C(=O)/C1=C\c1ccccc1OCc1ccccc1. The smallest absolute Gasteiger partial charge is 0.340 e. The predicted molar refractivity (Wildman–Crippen MR) is 129 cm³/mol. The maximum Gasteiger partial charge on any atom is 0.340 e. The maximum atomic E-state index is 13.7. The van der Waals surface area contributed by atoms with Gasteiger partial charge in [-0.2, -0.15) is 0 Å². The van der Waals surface area contributed by atoms with Crippen LogP contribution in [0.25, 0.3) is 6.08 Å². The molecule has 0 saturated carbocycles. The third kappa shape index (κ3) is 4.58. The van der Waals surface area contributed by atoms with E-state index in [1.807, 2.05) is 42.5 Å². The number of methoxy groups -OCH3 is 1. The molecule has 0 bridgehead atoms. The lowest BCUT2D eigenvalue weighted by Crippen LogP contribution is -2.24. The number of para-hydroxylation sites is 1. The fourth-order valence-electron chi connectivity index (χ4n) is 3.74. The molecule has 0 aliphatic carbocycles. The Bertz CT molecular complexity index is 1320. The van der Waals surface area contributed by atoms with E-state index in [1.54, 1.807) is 25.1 Å². The third-order valence-electron chi connectivity index (χ3n) is 5.41. The first-order valence-electron chi connectivity index (χ1n) is 10.5. The first-order valence-corrected chi connectivity index (χ1v) is 10.8. The van der Waals surface area contributed by atoms with Gasteiger partial charge >= 0.3 is 5.97 Å². The van der Waals surface area contributed by atoms with Crippen molar-refractivity contribution in [1.29, 1.82) is 0 Å². The molecule has 0 N–H and O–H groups in total. The zero-order valence-electron chi connectivity index (χ0n) is 18.5. The number of allylic oxidation sites excluding steroid dienone is 1. The summed E-state index contributed by atoms with van der Waals surface area (Å²) in [6.45, 7) is 1.97. The van der Waals surface area contributed by atoms with Crippen LogP contribution in [0.1, 0.15) is 18.1 Å². The summed E-state index contributed by atoms with van der Waals surface area (Å²) in [4.78, 5) is 27.4. The van der Waals surface area contributed by atoms with Crippen LogP contribution in [0.15, 0.2) is 89.6 Å². The zero-order valence-corrected chi connectivity index (χ0v) is 19.3. The standard InChI is InChI=1S/C27H21ClFNO4/c1-17-25(27(32)33-2)21(26(31)30(17)20-12-13-23(29)22(28)15-20)14-19-10-6-7-11-24(19)34-16-18-8-4-3-5-9-18/h3-15H,16H2,1-2H3/b21-14-. The molecule has 0 fully saturated rings. The Labute approximate surface area is 201 Å². The second-order valence-electron chi connectivity index (χ2n) is 7.56. The molecule has 34 heavy (non-hydrogen) atoms. The molecule has 0 spiro atoms. The van der Waals surface area contributed by atoms with Gasteiger partial charge in [0.2, 0.25) is 0 Å². The number of hydrogen-bond acceptors (Lipinski definition) is 4. The number of benzene rings is 3. The van der Waals surface area contributed by atoms with Gasteiger partial charge in [-0.1, -0.05) is 60.1 Å². The van der Waals surface area contributed by atoms with Crippen LogP contribution in [0.4, 0.5) is 10.1 Å². The van der Waals surface area contributed by atoms with Crippen LogP contribution in [0.3, 0.4) is 0 Å². The number of ether oxygens (including phenoxy) is 2. The average molecular weight is 478 g/mol. The largest absolute Gasteiger partial charge is 0.488 e. The van der Waals surface area contributed by atoms with Crippen LogP contribution in [-0.2, 0) is 20.9 Å². The Kier molecular flexibility index (Phi) is 6.80. The van der Waals surface area contributed by atoms with Gasteiger partial charge in [0.1, 0.15) is 18.2 Å². The summed E-state index contributed by atoms with van der Waals surface area (Å²) >= 11 is 5.93. The first-order chi connectivity index (χ1) is 16.4. The molecule has 7 heteroatoms. The van der Waals surface area contributed by atoms with E-state index in [0.717, 1.165) is 5.56 Å². The molecule has 4 rings (SSSR count). The summed E-state index contributed by atoms with van der Waals surface area (Å²) in [5, 5.41) is -0.130. The molecule has 172 valence electrons. The highest BCUT2D eigenvalue weighted by molar-refractivity contribution is 6.31. The lowest BCUT2D eigenvalue weighted by Gasteiger charge is -2.18. The van der Waals surface area contributed by atoms with E-state index in [-0.39, 0.29) is 16.2 Å². The number of nitrogens with zero attached hydrogens (tertiary/aromatic N) is 1. The van der Waals surface area contributed by atoms with Crippen molar-refractivity contribution >= 4 is 35.2 Å². The number of halogens is 2. The molecule has 0 saturated heterocycles. The summed E-state index contributed by atoms with van der Waals surface area (Å²) in [7, 11) is 1.25. The lowest BCUT2D eigenvalue weighted by atomic mass is 10.0. The van der Waals surface area contributed by atoms with Crippen molar-refractivity contribution in [2.75, 3.05) is 12.0 Å². The Morgan fingerprint density at radius 1 is 1.06 bits per heavy atom. The van der Waals surface area contributed by atoms with Crippen LogP contribution in [0.5, 0.6) is 5.75 Å². The Balaban J connectivity index is 1.74. The minimum Gasteiger partial charge on any atom is -0.488 e. The van der Waals surface area contributed by atoms with E-state index in [1.165, 1.54) is 30.2 Å². The molecular formula is C27H21ClFNO4. The second-order valence-corrected chi connectivity index (χ2v) is 7.97. The van der Waals surface area contributed by atoms with Crippen molar-refractivity contribution in [3.05, 3.63) is 112 Å². The highest BCUT2D eigenvalue weighted by Gasteiger charge is 2.38. The van der Waals surface area contributed by atoms with E-state index in [9.17, 15) is 14.0 Å². The summed E-state index contributed by atoms with van der Waals surface area (Å²) < 4.78 is 24.6. The number of hydrogen-bond donors (Lipinski definition) is 0. The molecule has 1 amide bonds. The molecule has 3 aromatic carbocycles. The van der Waals surface area contributed by atoms with Crippen LogP contribution >= 0.6 is 11.6 Å². The Morgan fingerprint density at radius 2 is 1.76 bits per heavy atom. The molecule has 3 aromatic rings. The van der Waals surface area contributed by atoms with Crippen molar-refractivity contribution in [3.63, 3.8) is 0 Å². The zero-order chi connectivity index (χ0) is 24.2. The minimum absolute atomic E-state index is 0.116. The molecular weight excluding hydrogens is 457 g/mol. The van der Waals surface area contributed by atoms with Gasteiger partial charge in [-0.05, 0) is 42.8 Å². The quantitative estimate of drug-likeness (QED) is 0.326. The third-order valence-corrected chi connectivity index (χ3v) is 5.70. The Morgan fingerprint density at radius 3 is 2.47 bits per heavy atom. The van der Waals surface area contributed by atoms with Crippen molar-refractivity contribution < 1.29 is 23.5 Å². The number of amides is 1. The van der Waals surface area contributed by atoms with Crippen molar-refractivity contribution in [3.8, 4) is 5.75 Å².